The first-order valence-electron chi connectivity index (χ1n) is 10.7. The number of aryl methyl sites for hydroxylation is 1. The molecule has 0 unspecified atom stereocenters. The lowest BCUT2D eigenvalue weighted by Crippen LogP contribution is -2.22. The molecular formula is C27H20F3N3O. The van der Waals surface area contributed by atoms with Crippen LogP contribution in [0.1, 0.15) is 27.0 Å². The molecule has 170 valence electrons. The molecule has 0 aliphatic carbocycles. The van der Waals surface area contributed by atoms with Gasteiger partial charge < -0.3 is 9.88 Å². The van der Waals surface area contributed by atoms with E-state index in [0.717, 1.165) is 45.1 Å². The maximum atomic E-state index is 13.1. The lowest BCUT2D eigenvalue weighted by atomic mass is 10.1. The molecule has 4 nitrogen and oxygen atoms in total. The topological polar surface area (TPSA) is 46.9 Å². The molecule has 0 radical (unpaired) electrons. The first-order chi connectivity index (χ1) is 16.3. The Morgan fingerprint density at radius 3 is 2.32 bits per heavy atom. The van der Waals surface area contributed by atoms with Crippen LogP contribution in [-0.4, -0.2) is 15.5 Å². The van der Waals surface area contributed by atoms with Gasteiger partial charge in [-0.1, -0.05) is 17.7 Å². The van der Waals surface area contributed by atoms with E-state index in [9.17, 15) is 18.0 Å². The molecule has 2 heterocycles. The van der Waals surface area contributed by atoms with Crippen LogP contribution in [0.4, 0.5) is 13.2 Å². The van der Waals surface area contributed by atoms with E-state index in [-0.39, 0.29) is 5.91 Å². The second-order valence-electron chi connectivity index (χ2n) is 8.18. The SMILES string of the molecule is Cc1ccc2c(c1)c1cc(C(=O)NCc3cccnc3)ccc1n2-c1ccc(C(F)(F)F)cc1. The van der Waals surface area contributed by atoms with Gasteiger partial charge in [-0.05, 0) is 73.2 Å². The Labute approximate surface area is 193 Å². The van der Waals surface area contributed by atoms with E-state index < -0.39 is 11.7 Å². The van der Waals surface area contributed by atoms with Crippen molar-refractivity contribution in [1.82, 2.24) is 14.9 Å². The van der Waals surface area contributed by atoms with Gasteiger partial charge in [0.15, 0.2) is 0 Å². The number of nitrogens with zero attached hydrogens (tertiary/aromatic N) is 2. The summed E-state index contributed by atoms with van der Waals surface area (Å²) in [4.78, 5) is 16.9. The van der Waals surface area contributed by atoms with E-state index in [1.165, 1.54) is 12.1 Å². The zero-order chi connectivity index (χ0) is 23.9. The van der Waals surface area contributed by atoms with E-state index in [1.54, 1.807) is 18.5 Å². The summed E-state index contributed by atoms with van der Waals surface area (Å²) in [5.74, 6) is -0.214. The smallest absolute Gasteiger partial charge is 0.348 e. The lowest BCUT2D eigenvalue weighted by Gasteiger charge is -2.11. The van der Waals surface area contributed by atoms with Crippen molar-refractivity contribution in [3.63, 3.8) is 0 Å². The Balaban J connectivity index is 1.58. The Bertz CT molecular complexity index is 1500. The number of hydrogen-bond donors (Lipinski definition) is 1. The van der Waals surface area contributed by atoms with E-state index >= 15 is 0 Å². The lowest BCUT2D eigenvalue weighted by molar-refractivity contribution is -0.137. The number of pyridine rings is 1. The van der Waals surface area contributed by atoms with Gasteiger partial charge in [-0.3, -0.25) is 9.78 Å². The summed E-state index contributed by atoms with van der Waals surface area (Å²) < 4.78 is 41.1. The summed E-state index contributed by atoms with van der Waals surface area (Å²) in [6.07, 6.45) is -1.02. The predicted octanol–water partition coefficient (Wildman–Crippen LogP) is 6.44. The Morgan fingerprint density at radius 2 is 1.65 bits per heavy atom. The minimum atomic E-state index is -4.39. The molecule has 34 heavy (non-hydrogen) atoms. The molecule has 0 bridgehead atoms. The third-order valence-electron chi connectivity index (χ3n) is 5.81. The predicted molar refractivity (Wildman–Crippen MR) is 126 cm³/mol. The normalized spacial score (nSPS) is 11.8. The van der Waals surface area contributed by atoms with E-state index in [1.807, 2.05) is 54.0 Å². The van der Waals surface area contributed by atoms with Gasteiger partial charge in [0.2, 0.25) is 0 Å². The number of fused-ring (bicyclic) bond motifs is 3. The van der Waals surface area contributed by atoms with Crippen molar-refractivity contribution in [1.29, 1.82) is 0 Å². The largest absolute Gasteiger partial charge is 0.416 e. The number of aromatic nitrogens is 2. The van der Waals surface area contributed by atoms with Crippen LogP contribution in [0, 0.1) is 6.92 Å². The average molecular weight is 459 g/mol. The van der Waals surface area contributed by atoms with Crippen LogP contribution in [-0.2, 0) is 12.7 Å². The van der Waals surface area contributed by atoms with Crippen molar-refractivity contribution in [2.75, 3.05) is 0 Å². The summed E-state index contributed by atoms with van der Waals surface area (Å²) >= 11 is 0. The van der Waals surface area contributed by atoms with Gasteiger partial charge in [0.1, 0.15) is 0 Å². The molecule has 1 amide bonds. The standard InChI is InChI=1S/C27H20F3N3O/c1-17-4-10-24-22(13-17)23-14-19(26(34)32-16-18-3-2-12-31-15-18)5-11-25(23)33(24)21-8-6-20(7-9-21)27(28,29)30/h2-15H,16H2,1H3,(H,32,34). The van der Waals surface area contributed by atoms with Crippen molar-refractivity contribution in [2.45, 2.75) is 19.6 Å². The first kappa shape index (κ1) is 21.7. The van der Waals surface area contributed by atoms with Crippen LogP contribution >= 0.6 is 0 Å². The molecule has 0 fully saturated rings. The molecule has 0 saturated carbocycles. The maximum absolute atomic E-state index is 13.1. The third-order valence-corrected chi connectivity index (χ3v) is 5.81. The van der Waals surface area contributed by atoms with E-state index in [4.69, 9.17) is 0 Å². The number of halogens is 3. The van der Waals surface area contributed by atoms with Gasteiger partial charge in [-0.15, -0.1) is 0 Å². The van der Waals surface area contributed by atoms with Gasteiger partial charge in [-0.25, -0.2) is 0 Å². The monoisotopic (exact) mass is 459 g/mol. The van der Waals surface area contributed by atoms with Crippen LogP contribution in [0.5, 0.6) is 0 Å². The summed E-state index contributed by atoms with van der Waals surface area (Å²) in [5.41, 5.74) is 4.03. The van der Waals surface area contributed by atoms with Crippen LogP contribution in [0.15, 0.2) is 85.2 Å². The number of nitrogens with one attached hydrogen (secondary N) is 1. The number of hydrogen-bond acceptors (Lipinski definition) is 2. The second-order valence-corrected chi connectivity index (χ2v) is 8.18. The number of carbonyl (C=O) groups excluding carboxylic acids is 1. The van der Waals surface area contributed by atoms with Gasteiger partial charge in [0.05, 0.1) is 16.6 Å². The number of benzene rings is 3. The maximum Gasteiger partial charge on any atom is 0.416 e. The molecule has 5 aromatic rings. The highest BCUT2D eigenvalue weighted by atomic mass is 19.4. The van der Waals surface area contributed by atoms with Crippen LogP contribution in [0.25, 0.3) is 27.5 Å². The van der Waals surface area contributed by atoms with E-state index in [0.29, 0.717) is 17.8 Å². The zero-order valence-corrected chi connectivity index (χ0v) is 18.2. The molecule has 2 aromatic heterocycles. The zero-order valence-electron chi connectivity index (χ0n) is 18.2. The minimum absolute atomic E-state index is 0.214. The van der Waals surface area contributed by atoms with Crippen molar-refractivity contribution < 1.29 is 18.0 Å². The fourth-order valence-corrected chi connectivity index (χ4v) is 4.14. The molecule has 0 atom stereocenters. The number of alkyl halides is 3. The Hall–Kier alpha value is -4.13. The van der Waals surface area contributed by atoms with Gasteiger partial charge in [0.25, 0.3) is 5.91 Å². The van der Waals surface area contributed by atoms with Gasteiger partial charge in [-0.2, -0.15) is 13.2 Å². The number of rotatable bonds is 4. The molecule has 5 rings (SSSR count). The Morgan fingerprint density at radius 1 is 0.941 bits per heavy atom. The molecule has 0 spiro atoms. The summed E-state index contributed by atoms with van der Waals surface area (Å²) in [7, 11) is 0. The number of carbonyl (C=O) groups is 1. The van der Waals surface area contributed by atoms with Crippen molar-refractivity contribution in [3.8, 4) is 5.69 Å². The molecule has 0 aliphatic rings. The Kier molecular flexibility index (Phi) is 5.32. The van der Waals surface area contributed by atoms with Crippen LogP contribution in [0.3, 0.4) is 0 Å². The quantitative estimate of drug-likeness (QED) is 0.336. The highest BCUT2D eigenvalue weighted by molar-refractivity contribution is 6.11. The van der Waals surface area contributed by atoms with Crippen molar-refractivity contribution in [3.05, 3.63) is 107 Å². The van der Waals surface area contributed by atoms with Crippen molar-refractivity contribution in [2.24, 2.45) is 0 Å². The highest BCUT2D eigenvalue weighted by Crippen LogP contribution is 2.35. The summed E-state index contributed by atoms with van der Waals surface area (Å²) in [5, 5.41) is 4.69. The van der Waals surface area contributed by atoms with E-state index in [2.05, 4.69) is 10.3 Å². The second kappa shape index (κ2) is 8.33. The van der Waals surface area contributed by atoms with Crippen molar-refractivity contribution >= 4 is 27.7 Å². The summed E-state index contributed by atoms with van der Waals surface area (Å²) in [6.45, 7) is 2.34. The fraction of sp³-hybridized carbons (Fsp3) is 0.111. The molecule has 3 aromatic carbocycles. The van der Waals surface area contributed by atoms with Crippen LogP contribution in [0.2, 0.25) is 0 Å². The van der Waals surface area contributed by atoms with Gasteiger partial charge in [0, 0.05) is 41.0 Å². The summed E-state index contributed by atoms with van der Waals surface area (Å²) in [6, 6.07) is 20.1. The average Bonchev–Trinajstić information content (AvgIpc) is 3.15. The molecular weight excluding hydrogens is 439 g/mol. The highest BCUT2D eigenvalue weighted by Gasteiger charge is 2.30. The van der Waals surface area contributed by atoms with Gasteiger partial charge >= 0.3 is 6.18 Å². The third kappa shape index (κ3) is 4.01. The van der Waals surface area contributed by atoms with Crippen LogP contribution < -0.4 is 5.32 Å². The molecule has 7 heteroatoms. The fourth-order valence-electron chi connectivity index (χ4n) is 4.14. The first-order valence-corrected chi connectivity index (χ1v) is 10.7. The molecule has 0 aliphatic heterocycles. The molecule has 1 N–H and O–H groups in total. The minimum Gasteiger partial charge on any atom is -0.348 e. The number of amides is 1. The molecule has 0 saturated heterocycles.